The van der Waals surface area contributed by atoms with Crippen LogP contribution in [-0.4, -0.2) is 34.2 Å². The van der Waals surface area contributed by atoms with E-state index < -0.39 is 0 Å². The summed E-state index contributed by atoms with van der Waals surface area (Å²) in [7, 11) is 0. The van der Waals surface area contributed by atoms with Crippen molar-refractivity contribution < 1.29 is 5.11 Å². The molecular weight excluding hydrogens is 208 g/mol. The van der Waals surface area contributed by atoms with E-state index in [1.54, 1.807) is 11.3 Å². The first-order chi connectivity index (χ1) is 7.04. The first-order valence-electron chi connectivity index (χ1n) is 5.32. The lowest BCUT2D eigenvalue weighted by Crippen LogP contribution is -2.32. The Kier molecular flexibility index (Phi) is 4.70. The molecule has 1 heterocycles. The van der Waals surface area contributed by atoms with Crippen LogP contribution in [0.1, 0.15) is 29.4 Å². The van der Waals surface area contributed by atoms with Gasteiger partial charge in [-0.2, -0.15) is 0 Å². The molecule has 1 rings (SSSR count). The lowest BCUT2D eigenvalue weighted by Gasteiger charge is -2.24. The third-order valence-corrected chi connectivity index (χ3v) is 3.52. The van der Waals surface area contributed by atoms with Gasteiger partial charge in [-0.1, -0.05) is 0 Å². The highest BCUT2D eigenvalue weighted by molar-refractivity contribution is 7.11. The average molecular weight is 228 g/mol. The predicted molar refractivity (Wildman–Crippen MR) is 64.2 cm³/mol. The molecule has 1 aromatic heterocycles. The molecule has 0 aromatic carbocycles. The van der Waals surface area contributed by atoms with E-state index in [0.29, 0.717) is 6.04 Å². The summed E-state index contributed by atoms with van der Waals surface area (Å²) >= 11 is 1.75. The first-order valence-corrected chi connectivity index (χ1v) is 6.14. The van der Waals surface area contributed by atoms with Crippen LogP contribution in [0, 0.1) is 13.8 Å². The number of aliphatic hydroxyl groups is 1. The molecule has 0 aliphatic heterocycles. The summed E-state index contributed by atoms with van der Waals surface area (Å²) in [4.78, 5) is 7.99. The fourth-order valence-electron chi connectivity index (χ4n) is 1.55. The molecule has 0 aliphatic carbocycles. The highest BCUT2D eigenvalue weighted by atomic mass is 32.1. The van der Waals surface area contributed by atoms with Gasteiger partial charge in [0, 0.05) is 24.0 Å². The maximum absolute atomic E-state index is 8.98. The lowest BCUT2D eigenvalue weighted by atomic mass is 10.3. The van der Waals surface area contributed by atoms with E-state index in [4.69, 9.17) is 5.11 Å². The van der Waals surface area contributed by atoms with Gasteiger partial charge >= 0.3 is 0 Å². The highest BCUT2D eigenvalue weighted by Crippen LogP contribution is 2.19. The number of rotatable bonds is 5. The van der Waals surface area contributed by atoms with Crippen LogP contribution in [0.15, 0.2) is 0 Å². The van der Waals surface area contributed by atoms with Crippen molar-refractivity contribution in [1.29, 1.82) is 0 Å². The minimum Gasteiger partial charge on any atom is -0.395 e. The fraction of sp³-hybridized carbons (Fsp3) is 0.727. The molecule has 0 fully saturated rings. The van der Waals surface area contributed by atoms with Crippen molar-refractivity contribution in [2.75, 3.05) is 13.2 Å². The Morgan fingerprint density at radius 3 is 2.47 bits per heavy atom. The molecule has 1 N–H and O–H groups in total. The Bertz CT molecular complexity index is 310. The van der Waals surface area contributed by atoms with E-state index >= 15 is 0 Å². The number of aliphatic hydroxyl groups excluding tert-OH is 1. The Hall–Kier alpha value is -0.450. The zero-order valence-electron chi connectivity index (χ0n) is 9.95. The van der Waals surface area contributed by atoms with Crippen LogP contribution in [-0.2, 0) is 6.54 Å². The molecular formula is C11H20N2OS. The van der Waals surface area contributed by atoms with Crippen LogP contribution < -0.4 is 0 Å². The summed E-state index contributed by atoms with van der Waals surface area (Å²) in [6, 6.07) is 0.457. The maximum atomic E-state index is 8.98. The van der Waals surface area contributed by atoms with Gasteiger partial charge in [-0.25, -0.2) is 4.98 Å². The van der Waals surface area contributed by atoms with Gasteiger partial charge in [-0.05, 0) is 27.7 Å². The Balaban J connectivity index is 2.69. The molecule has 0 amide bonds. The molecule has 4 heteroatoms. The summed E-state index contributed by atoms with van der Waals surface area (Å²) in [5.74, 6) is 0. The van der Waals surface area contributed by atoms with Crippen molar-refractivity contribution in [3.05, 3.63) is 15.6 Å². The summed E-state index contributed by atoms with van der Waals surface area (Å²) in [6.07, 6.45) is 0. The van der Waals surface area contributed by atoms with E-state index in [2.05, 4.69) is 30.7 Å². The molecule has 0 aliphatic rings. The molecule has 86 valence electrons. The second-order valence-corrected chi connectivity index (χ2v) is 5.32. The molecule has 0 bridgehead atoms. The quantitative estimate of drug-likeness (QED) is 0.837. The normalized spacial score (nSPS) is 11.7. The molecule has 0 radical (unpaired) electrons. The first kappa shape index (κ1) is 12.6. The fourth-order valence-corrected chi connectivity index (χ4v) is 2.52. The van der Waals surface area contributed by atoms with Gasteiger partial charge in [0.1, 0.15) is 0 Å². The zero-order valence-corrected chi connectivity index (χ0v) is 10.8. The van der Waals surface area contributed by atoms with E-state index in [-0.39, 0.29) is 6.61 Å². The molecule has 3 nitrogen and oxygen atoms in total. The van der Waals surface area contributed by atoms with Crippen molar-refractivity contribution in [2.45, 2.75) is 40.3 Å². The topological polar surface area (TPSA) is 36.4 Å². The molecule has 0 saturated heterocycles. The smallest absolute Gasteiger partial charge is 0.0900 e. The van der Waals surface area contributed by atoms with Crippen molar-refractivity contribution in [1.82, 2.24) is 9.88 Å². The Morgan fingerprint density at radius 1 is 1.40 bits per heavy atom. The standard InChI is InChI=1S/C11H20N2OS/c1-8(2)13(5-6-14)7-11-9(3)12-10(4)15-11/h8,14H,5-7H2,1-4H3. The van der Waals surface area contributed by atoms with E-state index in [1.165, 1.54) is 4.88 Å². The second kappa shape index (κ2) is 5.58. The summed E-state index contributed by atoms with van der Waals surface area (Å²) in [5, 5.41) is 10.1. The summed E-state index contributed by atoms with van der Waals surface area (Å²) < 4.78 is 0. The number of thiazole rings is 1. The number of aromatic nitrogens is 1. The third-order valence-electron chi connectivity index (χ3n) is 2.46. The molecule has 0 atom stereocenters. The van der Waals surface area contributed by atoms with E-state index in [9.17, 15) is 0 Å². The predicted octanol–water partition coefficient (Wildman–Crippen LogP) is 1.96. The van der Waals surface area contributed by atoms with Crippen molar-refractivity contribution in [3.63, 3.8) is 0 Å². The monoisotopic (exact) mass is 228 g/mol. The summed E-state index contributed by atoms with van der Waals surface area (Å²) in [5.41, 5.74) is 1.13. The van der Waals surface area contributed by atoms with Crippen LogP contribution >= 0.6 is 11.3 Å². The molecule has 0 saturated carbocycles. The number of hydrogen-bond acceptors (Lipinski definition) is 4. The Labute approximate surface area is 95.8 Å². The van der Waals surface area contributed by atoms with Gasteiger partial charge in [0.05, 0.1) is 17.3 Å². The van der Waals surface area contributed by atoms with Gasteiger partial charge in [0.25, 0.3) is 0 Å². The number of hydrogen-bond donors (Lipinski definition) is 1. The SMILES string of the molecule is Cc1nc(C)c(CN(CCO)C(C)C)s1. The van der Waals surface area contributed by atoms with Crippen molar-refractivity contribution in [3.8, 4) is 0 Å². The molecule has 1 aromatic rings. The van der Waals surface area contributed by atoms with Crippen LogP contribution in [0.4, 0.5) is 0 Å². The number of aryl methyl sites for hydroxylation is 2. The third kappa shape index (κ3) is 3.55. The molecule has 0 spiro atoms. The Morgan fingerprint density at radius 2 is 2.07 bits per heavy atom. The van der Waals surface area contributed by atoms with Crippen LogP contribution in [0.25, 0.3) is 0 Å². The number of nitrogens with zero attached hydrogens (tertiary/aromatic N) is 2. The largest absolute Gasteiger partial charge is 0.395 e. The van der Waals surface area contributed by atoms with Gasteiger partial charge in [0.15, 0.2) is 0 Å². The minimum atomic E-state index is 0.217. The van der Waals surface area contributed by atoms with E-state index in [1.807, 2.05) is 6.92 Å². The van der Waals surface area contributed by atoms with Gasteiger partial charge < -0.3 is 5.11 Å². The summed E-state index contributed by atoms with van der Waals surface area (Å²) in [6.45, 7) is 10.2. The second-order valence-electron chi connectivity index (χ2n) is 4.03. The van der Waals surface area contributed by atoms with Crippen LogP contribution in [0.2, 0.25) is 0 Å². The van der Waals surface area contributed by atoms with Gasteiger partial charge in [-0.15, -0.1) is 11.3 Å². The van der Waals surface area contributed by atoms with Crippen molar-refractivity contribution in [2.24, 2.45) is 0 Å². The zero-order chi connectivity index (χ0) is 11.4. The lowest BCUT2D eigenvalue weighted by molar-refractivity contribution is 0.160. The van der Waals surface area contributed by atoms with E-state index in [0.717, 1.165) is 23.8 Å². The van der Waals surface area contributed by atoms with Crippen LogP contribution in [0.5, 0.6) is 0 Å². The molecule has 0 unspecified atom stereocenters. The van der Waals surface area contributed by atoms with Gasteiger partial charge in [-0.3, -0.25) is 4.90 Å². The average Bonchev–Trinajstić information content (AvgIpc) is 2.44. The van der Waals surface area contributed by atoms with Crippen molar-refractivity contribution >= 4 is 11.3 Å². The minimum absolute atomic E-state index is 0.217. The van der Waals surface area contributed by atoms with Gasteiger partial charge in [0.2, 0.25) is 0 Å². The highest BCUT2D eigenvalue weighted by Gasteiger charge is 2.13. The molecule has 15 heavy (non-hydrogen) atoms. The van der Waals surface area contributed by atoms with Crippen LogP contribution in [0.3, 0.4) is 0 Å². The maximum Gasteiger partial charge on any atom is 0.0900 e.